The van der Waals surface area contributed by atoms with Crippen LogP contribution in [0.2, 0.25) is 5.02 Å². The minimum absolute atomic E-state index is 0.252. The number of amides is 1. The van der Waals surface area contributed by atoms with Crippen molar-refractivity contribution < 1.29 is 42.2 Å². The molecule has 2 N–H and O–H groups in total. The Balaban J connectivity index is 1.67. The summed E-state index contributed by atoms with van der Waals surface area (Å²) < 4.78 is 48.1. The first-order valence-electron chi connectivity index (χ1n) is 12.6. The SMILES string of the molecule is COc1cc(C=NOC(C)(C)C(=O)O)cc(NC(C(=O)N2CCc3ccc(OC(F)(F)F)cc32)c2ccc(Cl)cc2)c1. The first-order chi connectivity index (χ1) is 19.8. The van der Waals surface area contributed by atoms with E-state index in [1.165, 1.54) is 50.3 Å². The molecule has 1 atom stereocenters. The molecule has 1 heterocycles. The predicted octanol–water partition coefficient (Wildman–Crippen LogP) is 6.20. The summed E-state index contributed by atoms with van der Waals surface area (Å²) >= 11 is 6.08. The molecule has 0 bridgehead atoms. The number of methoxy groups -OCH3 is 1. The fraction of sp³-hybridized carbons (Fsp3) is 0.276. The summed E-state index contributed by atoms with van der Waals surface area (Å²) in [6.07, 6.45) is -3.12. The van der Waals surface area contributed by atoms with Gasteiger partial charge in [-0.2, -0.15) is 0 Å². The third kappa shape index (κ3) is 7.43. The number of alkyl halides is 3. The van der Waals surface area contributed by atoms with Crippen molar-refractivity contribution in [3.63, 3.8) is 0 Å². The fourth-order valence-corrected chi connectivity index (χ4v) is 4.33. The minimum atomic E-state index is -4.88. The van der Waals surface area contributed by atoms with E-state index in [0.717, 1.165) is 0 Å². The van der Waals surface area contributed by atoms with Gasteiger partial charge in [0, 0.05) is 35.0 Å². The zero-order valence-electron chi connectivity index (χ0n) is 22.7. The van der Waals surface area contributed by atoms with Crippen LogP contribution < -0.4 is 19.7 Å². The lowest BCUT2D eigenvalue weighted by Crippen LogP contribution is -2.37. The molecule has 0 aliphatic carbocycles. The average molecular weight is 606 g/mol. The van der Waals surface area contributed by atoms with Gasteiger partial charge in [0.25, 0.3) is 5.91 Å². The summed E-state index contributed by atoms with van der Waals surface area (Å²) in [5.74, 6) is -1.65. The summed E-state index contributed by atoms with van der Waals surface area (Å²) in [6.45, 7) is 2.95. The first-order valence-corrected chi connectivity index (χ1v) is 13.0. The number of carbonyl (C=O) groups is 2. The molecule has 0 radical (unpaired) electrons. The number of carboxylic acids is 1. The summed E-state index contributed by atoms with van der Waals surface area (Å²) in [4.78, 5) is 31.8. The number of fused-ring (bicyclic) bond motifs is 1. The van der Waals surface area contributed by atoms with Gasteiger partial charge in [0.05, 0.1) is 19.0 Å². The van der Waals surface area contributed by atoms with E-state index in [0.29, 0.717) is 45.3 Å². The normalized spacial score (nSPS) is 13.9. The maximum absolute atomic E-state index is 14.0. The molecule has 9 nitrogen and oxygen atoms in total. The van der Waals surface area contributed by atoms with Crippen molar-refractivity contribution in [1.29, 1.82) is 0 Å². The van der Waals surface area contributed by atoms with Crippen LogP contribution in [0.25, 0.3) is 0 Å². The molecule has 4 rings (SSSR count). The molecule has 222 valence electrons. The Morgan fingerprint density at radius 1 is 1.07 bits per heavy atom. The van der Waals surface area contributed by atoms with Crippen LogP contribution in [-0.2, 0) is 20.8 Å². The van der Waals surface area contributed by atoms with Crippen molar-refractivity contribution in [2.75, 3.05) is 23.9 Å². The van der Waals surface area contributed by atoms with Gasteiger partial charge in [0.2, 0.25) is 5.60 Å². The lowest BCUT2D eigenvalue weighted by atomic mass is 10.0. The van der Waals surface area contributed by atoms with Gasteiger partial charge in [0.1, 0.15) is 17.5 Å². The van der Waals surface area contributed by atoms with Crippen LogP contribution in [0.1, 0.15) is 36.6 Å². The van der Waals surface area contributed by atoms with Crippen molar-refractivity contribution in [2.24, 2.45) is 5.16 Å². The molecular weight excluding hydrogens is 579 g/mol. The second-order valence-corrected chi connectivity index (χ2v) is 10.3. The summed E-state index contributed by atoms with van der Waals surface area (Å²) in [5, 5.41) is 16.7. The van der Waals surface area contributed by atoms with Crippen molar-refractivity contribution in [3.8, 4) is 11.5 Å². The maximum atomic E-state index is 14.0. The third-order valence-electron chi connectivity index (χ3n) is 6.38. The number of oxime groups is 1. The fourth-order valence-electron chi connectivity index (χ4n) is 4.21. The number of anilines is 2. The number of carboxylic acid groups (broad SMARTS) is 1. The zero-order chi connectivity index (χ0) is 30.7. The smallest absolute Gasteiger partial charge is 0.497 e. The van der Waals surface area contributed by atoms with Crippen LogP contribution in [0.3, 0.4) is 0 Å². The number of halogens is 4. The second-order valence-electron chi connectivity index (χ2n) is 9.84. The van der Waals surface area contributed by atoms with E-state index >= 15 is 0 Å². The van der Waals surface area contributed by atoms with Crippen molar-refractivity contribution in [3.05, 3.63) is 82.4 Å². The highest BCUT2D eigenvalue weighted by Gasteiger charge is 2.35. The van der Waals surface area contributed by atoms with Gasteiger partial charge in [-0.3, -0.25) is 4.79 Å². The molecule has 1 aliphatic heterocycles. The molecule has 13 heteroatoms. The second kappa shape index (κ2) is 12.2. The molecule has 0 spiro atoms. The van der Waals surface area contributed by atoms with Gasteiger partial charge in [-0.25, -0.2) is 4.79 Å². The van der Waals surface area contributed by atoms with Crippen LogP contribution >= 0.6 is 11.6 Å². The number of ether oxygens (including phenoxy) is 2. The Morgan fingerprint density at radius 3 is 2.43 bits per heavy atom. The average Bonchev–Trinajstić information content (AvgIpc) is 3.34. The maximum Gasteiger partial charge on any atom is 0.573 e. The Kier molecular flexibility index (Phi) is 8.86. The van der Waals surface area contributed by atoms with E-state index in [9.17, 15) is 27.9 Å². The standard InChI is InChI=1S/C29H27ClF3N3O6/c1-28(2,27(38)39)42-34-16-17-12-21(14-23(13-17)40-3)35-25(19-4-7-20(30)8-5-19)26(37)36-11-10-18-6-9-22(15-24(18)36)41-29(31,32)33/h4-9,12-16,25,35H,10-11H2,1-3H3,(H,38,39). The van der Waals surface area contributed by atoms with Crippen LogP contribution in [0.5, 0.6) is 11.5 Å². The van der Waals surface area contributed by atoms with Crippen LogP contribution in [0.4, 0.5) is 24.5 Å². The van der Waals surface area contributed by atoms with Crippen molar-refractivity contribution >= 4 is 41.1 Å². The van der Waals surface area contributed by atoms with Crippen molar-refractivity contribution in [1.82, 2.24) is 0 Å². The molecule has 3 aromatic carbocycles. The number of rotatable bonds is 10. The molecule has 0 fully saturated rings. The molecule has 1 aliphatic rings. The molecule has 1 amide bonds. The number of hydrogen-bond donors (Lipinski definition) is 2. The van der Waals surface area contributed by atoms with E-state index < -0.39 is 35.6 Å². The van der Waals surface area contributed by atoms with Gasteiger partial charge in [-0.1, -0.05) is 35.0 Å². The molecule has 0 saturated heterocycles. The highest BCUT2D eigenvalue weighted by Crippen LogP contribution is 2.36. The van der Waals surface area contributed by atoms with E-state index in [-0.39, 0.29) is 6.54 Å². The lowest BCUT2D eigenvalue weighted by molar-refractivity contribution is -0.274. The quantitative estimate of drug-likeness (QED) is 0.209. The van der Waals surface area contributed by atoms with Gasteiger partial charge >= 0.3 is 12.3 Å². The molecular formula is C29H27ClF3N3O6. The summed E-state index contributed by atoms with van der Waals surface area (Å²) in [6, 6.07) is 14.4. The Morgan fingerprint density at radius 2 is 1.79 bits per heavy atom. The summed E-state index contributed by atoms with van der Waals surface area (Å²) in [5.41, 5.74) is 0.928. The Hall–Kier alpha value is -4.45. The predicted molar refractivity (Wildman–Crippen MR) is 150 cm³/mol. The van der Waals surface area contributed by atoms with Gasteiger partial charge < -0.3 is 29.6 Å². The zero-order valence-corrected chi connectivity index (χ0v) is 23.5. The molecule has 0 aromatic heterocycles. The Bertz CT molecular complexity index is 1490. The lowest BCUT2D eigenvalue weighted by Gasteiger charge is -2.26. The van der Waals surface area contributed by atoms with Gasteiger partial charge in [0.15, 0.2) is 0 Å². The van der Waals surface area contributed by atoms with E-state index in [1.807, 2.05) is 0 Å². The highest BCUT2D eigenvalue weighted by atomic mass is 35.5. The van der Waals surface area contributed by atoms with E-state index in [1.54, 1.807) is 42.5 Å². The third-order valence-corrected chi connectivity index (χ3v) is 6.63. The largest absolute Gasteiger partial charge is 0.573 e. The number of benzene rings is 3. The number of aliphatic carboxylic acids is 1. The van der Waals surface area contributed by atoms with Crippen molar-refractivity contribution in [2.45, 2.75) is 38.3 Å². The van der Waals surface area contributed by atoms with Crippen LogP contribution in [0.15, 0.2) is 65.8 Å². The number of nitrogens with one attached hydrogen (secondary N) is 1. The highest BCUT2D eigenvalue weighted by molar-refractivity contribution is 6.30. The summed E-state index contributed by atoms with van der Waals surface area (Å²) in [7, 11) is 1.45. The minimum Gasteiger partial charge on any atom is -0.497 e. The topological polar surface area (TPSA) is 110 Å². The molecule has 1 unspecified atom stereocenters. The van der Waals surface area contributed by atoms with E-state index in [4.69, 9.17) is 21.2 Å². The number of hydrogen-bond acceptors (Lipinski definition) is 7. The van der Waals surface area contributed by atoms with Gasteiger partial charge in [-0.05, 0) is 61.7 Å². The van der Waals surface area contributed by atoms with E-state index in [2.05, 4.69) is 15.2 Å². The number of nitrogens with zero attached hydrogens (tertiary/aromatic N) is 2. The number of carbonyl (C=O) groups excluding carboxylic acids is 1. The van der Waals surface area contributed by atoms with Gasteiger partial charge in [-0.15, -0.1) is 13.2 Å². The molecule has 0 saturated carbocycles. The molecule has 3 aromatic rings. The van der Waals surface area contributed by atoms with Crippen LogP contribution in [-0.4, -0.2) is 48.8 Å². The van der Waals surface area contributed by atoms with Crippen LogP contribution in [0, 0.1) is 0 Å². The molecule has 42 heavy (non-hydrogen) atoms. The Labute approximate surface area is 244 Å². The first kappa shape index (κ1) is 30.5. The monoisotopic (exact) mass is 605 g/mol.